The predicted octanol–water partition coefficient (Wildman–Crippen LogP) is 5.53. The van der Waals surface area contributed by atoms with Gasteiger partial charge in [0.25, 0.3) is 0 Å². The Balaban J connectivity index is 1.28. The van der Waals surface area contributed by atoms with Crippen LogP contribution < -0.4 is 10.1 Å². The number of amides is 1. The van der Waals surface area contributed by atoms with E-state index in [4.69, 9.17) is 9.47 Å². The molecule has 2 N–H and O–H groups in total. The molecule has 162 valence electrons. The summed E-state index contributed by atoms with van der Waals surface area (Å²) in [6.45, 7) is 0.739. The summed E-state index contributed by atoms with van der Waals surface area (Å²) >= 11 is 0. The highest BCUT2D eigenvalue weighted by atomic mass is 16.5. The monoisotopic (exact) mass is 429 g/mol. The van der Waals surface area contributed by atoms with Crippen molar-refractivity contribution in [2.75, 3.05) is 18.5 Å². The number of hydrogen-bond acceptors (Lipinski definition) is 4. The Morgan fingerprint density at radius 1 is 0.906 bits per heavy atom. The molecule has 0 saturated heterocycles. The summed E-state index contributed by atoms with van der Waals surface area (Å²) in [4.78, 5) is 24.2. The van der Waals surface area contributed by atoms with Crippen LogP contribution in [0.2, 0.25) is 0 Å². The van der Waals surface area contributed by atoms with Crippen LogP contribution in [0.4, 0.5) is 10.5 Å². The lowest BCUT2D eigenvalue weighted by Crippen LogP contribution is -2.19. The maximum atomic E-state index is 12.5. The third kappa shape index (κ3) is 4.04. The maximum Gasteiger partial charge on any atom is 0.411 e. The number of carboxylic acid groups (broad SMARTS) is 1. The first-order chi connectivity index (χ1) is 15.6. The zero-order valence-corrected chi connectivity index (χ0v) is 17.4. The minimum absolute atomic E-state index is 0.0354. The Hall–Kier alpha value is -3.80. The van der Waals surface area contributed by atoms with Crippen LogP contribution in [0.25, 0.3) is 11.1 Å². The molecule has 0 aliphatic heterocycles. The minimum Gasteiger partial charge on any atom is -0.493 e. The van der Waals surface area contributed by atoms with Crippen molar-refractivity contribution in [2.24, 2.45) is 5.92 Å². The highest BCUT2D eigenvalue weighted by molar-refractivity contribution is 5.99. The Morgan fingerprint density at radius 3 is 2.19 bits per heavy atom. The quantitative estimate of drug-likeness (QED) is 0.515. The largest absolute Gasteiger partial charge is 0.493 e. The average Bonchev–Trinajstić information content (AvgIpc) is 3.58. The molecule has 0 heterocycles. The van der Waals surface area contributed by atoms with Crippen LogP contribution in [0.1, 0.15) is 40.2 Å². The van der Waals surface area contributed by atoms with E-state index in [0.717, 1.165) is 35.1 Å². The lowest BCUT2D eigenvalue weighted by Gasteiger charge is -2.15. The SMILES string of the molecule is O=C(Nc1ccc(OCC2CC2)cc1C(=O)O)OCC1c2ccccc2-c2ccccc21. The first-order valence-corrected chi connectivity index (χ1v) is 10.7. The van der Waals surface area contributed by atoms with Crippen LogP contribution in [0.5, 0.6) is 5.75 Å². The predicted molar refractivity (Wildman–Crippen MR) is 120 cm³/mol. The molecule has 2 aliphatic rings. The molecule has 32 heavy (non-hydrogen) atoms. The number of nitrogens with one attached hydrogen (secondary N) is 1. The number of rotatable bonds is 7. The third-order valence-corrected chi connectivity index (χ3v) is 5.98. The van der Waals surface area contributed by atoms with Crippen LogP contribution in [-0.2, 0) is 4.74 Å². The van der Waals surface area contributed by atoms with E-state index in [-0.39, 0.29) is 23.8 Å². The Morgan fingerprint density at radius 2 is 1.56 bits per heavy atom. The van der Waals surface area contributed by atoms with Crippen LogP contribution in [0.3, 0.4) is 0 Å². The summed E-state index contributed by atoms with van der Waals surface area (Å²) in [6.07, 6.45) is 1.60. The van der Waals surface area contributed by atoms with E-state index >= 15 is 0 Å². The van der Waals surface area contributed by atoms with Crippen molar-refractivity contribution in [3.8, 4) is 16.9 Å². The van der Waals surface area contributed by atoms with E-state index in [1.165, 1.54) is 12.1 Å². The summed E-state index contributed by atoms with van der Waals surface area (Å²) in [7, 11) is 0. The Kier molecular flexibility index (Phi) is 5.27. The van der Waals surface area contributed by atoms with Gasteiger partial charge in [-0.3, -0.25) is 5.32 Å². The fourth-order valence-electron chi connectivity index (χ4n) is 4.14. The molecule has 2 aliphatic carbocycles. The zero-order valence-electron chi connectivity index (χ0n) is 17.4. The highest BCUT2D eigenvalue weighted by Crippen LogP contribution is 2.44. The summed E-state index contributed by atoms with van der Waals surface area (Å²) in [6, 6.07) is 20.8. The molecule has 3 aromatic carbocycles. The van der Waals surface area contributed by atoms with Crippen LogP contribution in [0.15, 0.2) is 66.7 Å². The van der Waals surface area contributed by atoms with Crippen molar-refractivity contribution < 1.29 is 24.2 Å². The smallest absolute Gasteiger partial charge is 0.411 e. The van der Waals surface area contributed by atoms with E-state index < -0.39 is 12.1 Å². The molecule has 1 amide bonds. The van der Waals surface area contributed by atoms with E-state index in [9.17, 15) is 14.7 Å². The van der Waals surface area contributed by atoms with Crippen molar-refractivity contribution in [2.45, 2.75) is 18.8 Å². The normalized spacial score (nSPS) is 14.4. The molecule has 0 spiro atoms. The minimum atomic E-state index is -1.14. The molecular formula is C26H23NO5. The number of carboxylic acids is 1. The fraction of sp³-hybridized carbons (Fsp3) is 0.231. The Bertz CT molecular complexity index is 1140. The topological polar surface area (TPSA) is 84.9 Å². The molecule has 0 bridgehead atoms. The molecule has 5 rings (SSSR count). The third-order valence-electron chi connectivity index (χ3n) is 5.98. The zero-order chi connectivity index (χ0) is 22.1. The number of benzene rings is 3. The molecule has 6 heteroatoms. The molecule has 3 aromatic rings. The van der Waals surface area contributed by atoms with Gasteiger partial charge in [0.05, 0.1) is 17.9 Å². The molecule has 1 fully saturated rings. The Labute approximate surface area is 185 Å². The molecule has 0 aromatic heterocycles. The van der Waals surface area contributed by atoms with E-state index in [2.05, 4.69) is 17.4 Å². The number of fused-ring (bicyclic) bond motifs is 3. The molecule has 6 nitrogen and oxygen atoms in total. The van der Waals surface area contributed by atoms with Crippen LogP contribution in [-0.4, -0.2) is 30.4 Å². The van der Waals surface area contributed by atoms with Crippen molar-refractivity contribution in [3.05, 3.63) is 83.4 Å². The second-order valence-corrected chi connectivity index (χ2v) is 8.22. The molecular weight excluding hydrogens is 406 g/mol. The van der Waals surface area contributed by atoms with Gasteiger partial charge in [0.2, 0.25) is 0 Å². The van der Waals surface area contributed by atoms with Crippen LogP contribution >= 0.6 is 0 Å². The highest BCUT2D eigenvalue weighted by Gasteiger charge is 2.29. The summed E-state index contributed by atoms with van der Waals surface area (Å²) in [5, 5.41) is 12.1. The standard InChI is InChI=1S/C26H23NO5/c28-25(29)22-13-17(31-14-16-9-10-16)11-12-24(22)27-26(30)32-15-23-20-7-3-1-5-18(20)19-6-2-4-8-21(19)23/h1-8,11-13,16,23H,9-10,14-15H2,(H,27,30)(H,28,29). The number of aromatic carboxylic acids is 1. The number of ether oxygens (including phenoxy) is 2. The van der Waals surface area contributed by atoms with E-state index in [1.54, 1.807) is 6.07 Å². The first kappa shape index (κ1) is 20.1. The summed E-state index contributed by atoms with van der Waals surface area (Å²) < 4.78 is 11.2. The van der Waals surface area contributed by atoms with E-state index in [0.29, 0.717) is 18.3 Å². The van der Waals surface area contributed by atoms with Crippen molar-refractivity contribution in [1.82, 2.24) is 0 Å². The van der Waals surface area contributed by atoms with Gasteiger partial charge in [-0.25, -0.2) is 9.59 Å². The average molecular weight is 429 g/mol. The molecule has 1 saturated carbocycles. The van der Waals surface area contributed by atoms with Gasteiger partial charge in [0.1, 0.15) is 12.4 Å². The van der Waals surface area contributed by atoms with Gasteiger partial charge in [0.15, 0.2) is 0 Å². The van der Waals surface area contributed by atoms with Gasteiger partial charge in [-0.15, -0.1) is 0 Å². The fourth-order valence-corrected chi connectivity index (χ4v) is 4.14. The summed E-state index contributed by atoms with van der Waals surface area (Å²) in [5.41, 5.74) is 4.66. The molecule has 0 atom stereocenters. The van der Waals surface area contributed by atoms with Crippen molar-refractivity contribution in [1.29, 1.82) is 0 Å². The lowest BCUT2D eigenvalue weighted by molar-refractivity contribution is 0.0697. The van der Waals surface area contributed by atoms with E-state index in [1.807, 2.05) is 36.4 Å². The maximum absolute atomic E-state index is 12.5. The van der Waals surface area contributed by atoms with Crippen molar-refractivity contribution in [3.63, 3.8) is 0 Å². The second-order valence-electron chi connectivity index (χ2n) is 8.22. The van der Waals surface area contributed by atoms with Gasteiger partial charge in [-0.05, 0) is 59.2 Å². The number of hydrogen-bond donors (Lipinski definition) is 2. The van der Waals surface area contributed by atoms with Gasteiger partial charge >= 0.3 is 12.1 Å². The lowest BCUT2D eigenvalue weighted by atomic mass is 9.98. The number of carbonyl (C=O) groups is 2. The van der Waals surface area contributed by atoms with Gasteiger partial charge in [-0.2, -0.15) is 0 Å². The van der Waals surface area contributed by atoms with Gasteiger partial charge in [-0.1, -0.05) is 48.5 Å². The number of anilines is 1. The van der Waals surface area contributed by atoms with Gasteiger partial charge in [0, 0.05) is 5.92 Å². The van der Waals surface area contributed by atoms with Gasteiger partial charge < -0.3 is 14.6 Å². The second kappa shape index (κ2) is 8.38. The molecule has 0 radical (unpaired) electrons. The van der Waals surface area contributed by atoms with Crippen molar-refractivity contribution >= 4 is 17.7 Å². The molecule has 0 unspecified atom stereocenters. The number of carbonyl (C=O) groups excluding carboxylic acids is 1. The summed E-state index contributed by atoms with van der Waals surface area (Å²) in [5.74, 6) is -0.171. The van der Waals surface area contributed by atoms with Crippen LogP contribution in [0, 0.1) is 5.92 Å². The first-order valence-electron chi connectivity index (χ1n) is 10.7.